The van der Waals surface area contributed by atoms with Crippen molar-refractivity contribution < 1.29 is 28.9 Å². The molecule has 60 heavy (non-hydrogen) atoms. The molecule has 310 valence electrons. The van der Waals surface area contributed by atoms with E-state index in [1.54, 1.807) is 14.2 Å². The largest absolute Gasteiger partial charge is 0.496 e. The van der Waals surface area contributed by atoms with Gasteiger partial charge in [0.2, 0.25) is 5.89 Å². The van der Waals surface area contributed by atoms with E-state index in [4.69, 9.17) is 24.0 Å². The van der Waals surface area contributed by atoms with Gasteiger partial charge < -0.3 is 24.1 Å². The number of hydrogen-bond acceptors (Lipinski definition) is 10. The van der Waals surface area contributed by atoms with Gasteiger partial charge in [-0.1, -0.05) is 24.3 Å². The molecule has 4 aromatic carbocycles. The summed E-state index contributed by atoms with van der Waals surface area (Å²) in [5.74, 6) is 1.21. The molecule has 10 rings (SSSR count). The molecule has 12 nitrogen and oxygen atoms in total. The van der Waals surface area contributed by atoms with Crippen molar-refractivity contribution in [2.45, 2.75) is 95.5 Å². The van der Waals surface area contributed by atoms with Gasteiger partial charge >= 0.3 is 5.97 Å². The number of oxazole rings is 1. The normalized spacial score (nSPS) is 22.6. The highest BCUT2D eigenvalue weighted by molar-refractivity contribution is 5.97. The number of fused-ring (bicyclic) bond motifs is 5. The molecule has 2 N–H and O–H groups in total. The average Bonchev–Trinajstić information content (AvgIpc) is 4.03. The maximum absolute atomic E-state index is 12.1. The monoisotopic (exact) mass is 808 g/mol. The molecule has 0 amide bonds. The molecule has 4 fully saturated rings. The van der Waals surface area contributed by atoms with Crippen LogP contribution >= 0.6 is 0 Å². The lowest BCUT2D eigenvalue weighted by Gasteiger charge is -2.55. The van der Waals surface area contributed by atoms with Gasteiger partial charge in [-0.25, -0.2) is 9.67 Å². The Kier molecular flexibility index (Phi) is 10.2. The number of nitriles is 1. The third kappa shape index (κ3) is 6.69. The predicted octanol–water partition coefficient (Wildman–Crippen LogP) is 8.65. The number of rotatable bonds is 12. The van der Waals surface area contributed by atoms with Crippen LogP contribution in [0.15, 0.2) is 71.3 Å². The Balaban J connectivity index is 1.01. The van der Waals surface area contributed by atoms with Crippen molar-refractivity contribution in [1.82, 2.24) is 24.6 Å². The molecule has 2 atom stereocenters. The zero-order chi connectivity index (χ0) is 41.9. The van der Waals surface area contributed by atoms with Gasteiger partial charge in [0.15, 0.2) is 5.58 Å². The number of methoxy groups -OCH3 is 2. The summed E-state index contributed by atoms with van der Waals surface area (Å²) in [6.07, 6.45) is 8.92. The molecule has 0 unspecified atom stereocenters. The van der Waals surface area contributed by atoms with E-state index in [2.05, 4.69) is 55.1 Å². The number of nitrogens with zero attached hydrogens (tertiary/aromatic N) is 6. The van der Waals surface area contributed by atoms with Crippen LogP contribution in [0, 0.1) is 23.7 Å². The second-order valence-electron chi connectivity index (χ2n) is 17.4. The Morgan fingerprint density at radius 2 is 1.63 bits per heavy atom. The second kappa shape index (κ2) is 15.4. The smallest absolute Gasteiger partial charge is 0.309 e. The molecule has 4 aliphatic carbocycles. The van der Waals surface area contributed by atoms with Gasteiger partial charge in [-0.3, -0.25) is 14.6 Å². The lowest BCUT2D eigenvalue weighted by atomic mass is 9.57. The molecule has 2 bridgehead atoms. The van der Waals surface area contributed by atoms with Gasteiger partial charge in [0, 0.05) is 47.8 Å². The molecule has 0 aliphatic heterocycles. The van der Waals surface area contributed by atoms with E-state index in [0.717, 1.165) is 88.5 Å². The van der Waals surface area contributed by atoms with Crippen molar-refractivity contribution in [1.29, 1.82) is 5.26 Å². The molecular weight excluding hydrogens is 757 g/mol. The first-order valence-corrected chi connectivity index (χ1v) is 21.0. The highest BCUT2D eigenvalue weighted by atomic mass is 16.5. The van der Waals surface area contributed by atoms with E-state index in [9.17, 15) is 20.3 Å². The molecule has 2 aromatic heterocycles. The van der Waals surface area contributed by atoms with Gasteiger partial charge in [0.1, 0.15) is 23.1 Å². The van der Waals surface area contributed by atoms with E-state index >= 15 is 0 Å². The molecule has 4 aliphatic rings. The van der Waals surface area contributed by atoms with E-state index < -0.39 is 11.4 Å². The van der Waals surface area contributed by atoms with Crippen LogP contribution in [0.2, 0.25) is 0 Å². The summed E-state index contributed by atoms with van der Waals surface area (Å²) in [5, 5.41) is 36.0. The van der Waals surface area contributed by atoms with E-state index in [1.165, 1.54) is 0 Å². The number of carbonyl (C=O) groups is 1. The van der Waals surface area contributed by atoms with Crippen LogP contribution in [-0.4, -0.2) is 86.7 Å². The van der Waals surface area contributed by atoms with Crippen LogP contribution in [0.1, 0.15) is 80.0 Å². The Morgan fingerprint density at radius 3 is 2.28 bits per heavy atom. The van der Waals surface area contributed by atoms with Crippen LogP contribution in [0.3, 0.4) is 0 Å². The fourth-order valence-electron chi connectivity index (χ4n) is 10.5. The van der Waals surface area contributed by atoms with Crippen molar-refractivity contribution in [3.63, 3.8) is 0 Å². The van der Waals surface area contributed by atoms with Gasteiger partial charge in [0.25, 0.3) is 0 Å². The minimum absolute atomic E-state index is 0.0440. The quantitative estimate of drug-likeness (QED) is 0.122. The van der Waals surface area contributed by atoms with Crippen molar-refractivity contribution in [2.75, 3.05) is 28.3 Å². The Labute approximate surface area is 349 Å². The molecule has 4 saturated carbocycles. The Morgan fingerprint density at radius 1 is 0.950 bits per heavy atom. The number of aliphatic hydroxyl groups excluding tert-OH is 1. The molecule has 0 radical (unpaired) electrons. The fraction of sp³-hybridized carbons (Fsp3) is 0.417. The van der Waals surface area contributed by atoms with Gasteiger partial charge in [-0.15, -0.1) is 0 Å². The van der Waals surface area contributed by atoms with Gasteiger partial charge in [0.05, 0.1) is 54.3 Å². The summed E-state index contributed by atoms with van der Waals surface area (Å²) < 4.78 is 20.3. The van der Waals surface area contributed by atoms with Crippen molar-refractivity contribution in [3.8, 4) is 45.8 Å². The lowest BCUT2D eigenvalue weighted by Crippen LogP contribution is -2.56. The number of hydrogen-bond donors (Lipinski definition) is 2. The summed E-state index contributed by atoms with van der Waals surface area (Å²) in [5.41, 5.74) is 8.47. The van der Waals surface area contributed by atoms with Gasteiger partial charge in [-0.2, -0.15) is 10.4 Å². The van der Waals surface area contributed by atoms with Crippen molar-refractivity contribution in [3.05, 3.63) is 89.1 Å². The van der Waals surface area contributed by atoms with Crippen LogP contribution in [-0.2, 0) is 17.9 Å². The lowest BCUT2D eigenvalue weighted by molar-refractivity contribution is -0.160. The first kappa shape index (κ1) is 39.7. The first-order chi connectivity index (χ1) is 29.0. The number of benzene rings is 4. The average molecular weight is 809 g/mol. The maximum Gasteiger partial charge on any atom is 0.309 e. The summed E-state index contributed by atoms with van der Waals surface area (Å²) in [4.78, 5) is 21.7. The Hall–Kier alpha value is -5.74. The van der Waals surface area contributed by atoms with E-state index in [1.807, 2.05) is 53.3 Å². The second-order valence-corrected chi connectivity index (χ2v) is 17.4. The highest BCUT2D eigenvalue weighted by Gasteiger charge is 2.54. The predicted molar refractivity (Wildman–Crippen MR) is 229 cm³/mol. The molecule has 0 spiro atoms. The van der Waals surface area contributed by atoms with E-state index in [0.29, 0.717) is 72.4 Å². The van der Waals surface area contributed by atoms with Crippen LogP contribution < -0.4 is 9.47 Å². The van der Waals surface area contributed by atoms with Crippen molar-refractivity contribution >= 4 is 28.0 Å². The molecular formula is C48H52N6O6. The first-order valence-electron chi connectivity index (χ1n) is 21.0. The maximum atomic E-state index is 12.1. The van der Waals surface area contributed by atoms with Crippen LogP contribution in [0.5, 0.6) is 11.5 Å². The highest BCUT2D eigenvalue weighted by Crippen LogP contribution is 2.55. The van der Waals surface area contributed by atoms with Gasteiger partial charge in [-0.05, 0) is 125 Å². The number of aliphatic hydroxyl groups is 1. The minimum atomic E-state index is -0.647. The number of aromatic nitrogens is 3. The number of carboxylic acids is 1. The zero-order valence-electron chi connectivity index (χ0n) is 35.0. The summed E-state index contributed by atoms with van der Waals surface area (Å²) in [6.45, 7) is 3.32. The molecule has 12 heteroatoms. The molecule has 6 aromatic rings. The number of ether oxygens (including phenoxy) is 2. The summed E-state index contributed by atoms with van der Waals surface area (Å²) >= 11 is 0. The standard InChI is InChI=1S/C48H52N6O6/c1-29-35(8-6-9-36(29)45-51-40-21-30(20-31(25-49)44(40)60-45)27-52(2)32-12-13-34(55)22-32)37-10-7-11-41-38(37)26-50-54(41)33-23-42(58-4)39(43(24-33)59-5)28-53(3)48-17-14-47(15-18-48,16-19-48)46(56)57/h6-11,20-21,23-24,26,32,34,55H,12-19,22,27-28H2,1-5H3,(H,56,57)/t32-,34+,47?,48?/m0/s1. The van der Waals surface area contributed by atoms with Crippen LogP contribution in [0.25, 0.3) is 50.3 Å². The fourth-order valence-corrected chi connectivity index (χ4v) is 10.5. The number of carboxylic acid groups (broad SMARTS) is 1. The van der Waals surface area contributed by atoms with E-state index in [-0.39, 0.29) is 11.6 Å². The summed E-state index contributed by atoms with van der Waals surface area (Å²) in [7, 11) is 7.56. The molecule has 2 heterocycles. The molecule has 0 saturated heterocycles. The zero-order valence-corrected chi connectivity index (χ0v) is 35.0. The summed E-state index contributed by atoms with van der Waals surface area (Å²) in [6, 6.07) is 22.8. The third-order valence-corrected chi connectivity index (χ3v) is 14.3. The SMILES string of the molecule is COc1cc(-n2ncc3c(-c4cccc(-c5nc6cc(CN(C)[C@H]7CC[C@@H](O)C7)cc(C#N)c6o5)c4C)cccc32)cc(OC)c1CN(C)C12CCC(C(=O)O)(CC1)CC2. The number of aliphatic carboxylic acids is 1. The third-order valence-electron chi connectivity index (χ3n) is 14.3. The van der Waals surface area contributed by atoms with Crippen LogP contribution in [0.4, 0.5) is 0 Å². The Bertz CT molecular complexity index is 2630. The minimum Gasteiger partial charge on any atom is -0.496 e. The topological polar surface area (TPSA) is 150 Å². The van der Waals surface area contributed by atoms with Crippen molar-refractivity contribution in [2.24, 2.45) is 5.41 Å².